The van der Waals surface area contributed by atoms with Crippen molar-refractivity contribution in [1.29, 1.82) is 0 Å². The molecule has 0 spiro atoms. The Morgan fingerprint density at radius 1 is 0.870 bits per heavy atom. The Morgan fingerprint density at radius 3 is 2.30 bits per heavy atom. The molecule has 23 heavy (non-hydrogen) atoms. The van der Waals surface area contributed by atoms with Gasteiger partial charge >= 0.3 is 0 Å². The molecule has 2 heteroatoms. The molecule has 1 aliphatic carbocycles. The van der Waals surface area contributed by atoms with Crippen molar-refractivity contribution in [2.45, 2.75) is 57.9 Å². The number of piperidine rings is 1. The quantitative estimate of drug-likeness (QED) is 0.728. The molecule has 0 N–H and O–H groups in total. The Bertz CT molecular complexity index is 419. The minimum Gasteiger partial charge on any atom is -0.302 e. The van der Waals surface area contributed by atoms with Crippen LogP contribution < -0.4 is 0 Å². The van der Waals surface area contributed by atoms with Gasteiger partial charge in [-0.1, -0.05) is 56.0 Å². The lowest BCUT2D eigenvalue weighted by molar-refractivity contribution is 0.151. The van der Waals surface area contributed by atoms with Crippen LogP contribution in [-0.4, -0.2) is 42.5 Å². The summed E-state index contributed by atoms with van der Waals surface area (Å²) < 4.78 is 0. The van der Waals surface area contributed by atoms with E-state index in [1.807, 2.05) is 0 Å². The van der Waals surface area contributed by atoms with Crippen molar-refractivity contribution in [3.05, 3.63) is 35.9 Å². The van der Waals surface area contributed by atoms with Crippen molar-refractivity contribution in [2.24, 2.45) is 5.92 Å². The monoisotopic (exact) mass is 314 g/mol. The first-order valence-corrected chi connectivity index (χ1v) is 9.89. The molecule has 128 valence electrons. The second-order valence-corrected chi connectivity index (χ2v) is 7.63. The number of benzene rings is 1. The summed E-state index contributed by atoms with van der Waals surface area (Å²) in [6.45, 7) is 7.59. The summed E-state index contributed by atoms with van der Waals surface area (Å²) >= 11 is 0. The van der Waals surface area contributed by atoms with Gasteiger partial charge in [0.15, 0.2) is 0 Å². The van der Waals surface area contributed by atoms with Crippen molar-refractivity contribution in [3.8, 4) is 0 Å². The first kappa shape index (κ1) is 17.0. The molecule has 1 heterocycles. The van der Waals surface area contributed by atoms with Crippen LogP contribution in [0.15, 0.2) is 30.3 Å². The van der Waals surface area contributed by atoms with Crippen LogP contribution in [-0.2, 0) is 6.54 Å². The van der Waals surface area contributed by atoms with Gasteiger partial charge < -0.3 is 4.90 Å². The van der Waals surface area contributed by atoms with Crippen molar-refractivity contribution >= 4 is 0 Å². The molecule has 2 aliphatic rings. The average Bonchev–Trinajstić information content (AvgIpc) is 2.62. The Labute approximate surface area is 142 Å². The van der Waals surface area contributed by atoms with E-state index in [2.05, 4.69) is 40.1 Å². The highest BCUT2D eigenvalue weighted by Gasteiger charge is 2.18. The van der Waals surface area contributed by atoms with Crippen molar-refractivity contribution in [3.63, 3.8) is 0 Å². The Kier molecular flexibility index (Phi) is 6.97. The van der Waals surface area contributed by atoms with Gasteiger partial charge in [-0.05, 0) is 50.3 Å². The van der Waals surface area contributed by atoms with E-state index in [4.69, 9.17) is 0 Å². The number of nitrogens with zero attached hydrogens (tertiary/aromatic N) is 2. The van der Waals surface area contributed by atoms with E-state index in [9.17, 15) is 0 Å². The predicted molar refractivity (Wildman–Crippen MR) is 98.6 cm³/mol. The van der Waals surface area contributed by atoms with Crippen LogP contribution in [0.4, 0.5) is 0 Å². The maximum Gasteiger partial charge on any atom is 0.0234 e. The fourth-order valence-corrected chi connectivity index (χ4v) is 4.28. The lowest BCUT2D eigenvalue weighted by Crippen LogP contribution is -2.39. The van der Waals surface area contributed by atoms with Gasteiger partial charge in [0.05, 0.1) is 0 Å². The number of hydrogen-bond acceptors (Lipinski definition) is 2. The fourth-order valence-electron chi connectivity index (χ4n) is 4.28. The zero-order valence-electron chi connectivity index (χ0n) is 14.8. The molecule has 0 bridgehead atoms. The summed E-state index contributed by atoms with van der Waals surface area (Å²) in [7, 11) is 0. The van der Waals surface area contributed by atoms with Crippen LogP contribution in [0.2, 0.25) is 0 Å². The summed E-state index contributed by atoms with van der Waals surface area (Å²) in [6, 6.07) is 11.1. The third-order valence-electron chi connectivity index (χ3n) is 5.67. The van der Waals surface area contributed by atoms with Gasteiger partial charge in [0.1, 0.15) is 0 Å². The molecule has 0 aromatic heterocycles. The average molecular weight is 315 g/mol. The smallest absolute Gasteiger partial charge is 0.0234 e. The number of likely N-dealkylation sites (tertiary alicyclic amines) is 1. The van der Waals surface area contributed by atoms with E-state index >= 15 is 0 Å². The lowest BCUT2D eigenvalue weighted by atomic mass is 9.89. The third kappa shape index (κ3) is 5.93. The first-order chi connectivity index (χ1) is 11.4. The van der Waals surface area contributed by atoms with Crippen LogP contribution >= 0.6 is 0 Å². The van der Waals surface area contributed by atoms with Gasteiger partial charge in [-0.3, -0.25) is 4.90 Å². The van der Waals surface area contributed by atoms with Gasteiger partial charge in [0.25, 0.3) is 0 Å². The normalized spacial score (nSPS) is 20.9. The molecule has 0 radical (unpaired) electrons. The minimum absolute atomic E-state index is 0.939. The molecule has 0 amide bonds. The van der Waals surface area contributed by atoms with Crippen LogP contribution in [0, 0.1) is 5.92 Å². The lowest BCUT2D eigenvalue weighted by Gasteiger charge is -2.33. The Morgan fingerprint density at radius 2 is 1.57 bits per heavy atom. The second kappa shape index (κ2) is 9.44. The molecule has 1 aromatic carbocycles. The number of hydrogen-bond donors (Lipinski definition) is 0. The summed E-state index contributed by atoms with van der Waals surface area (Å²) in [5.74, 6) is 0.939. The number of rotatable bonds is 7. The molecule has 1 aromatic rings. The van der Waals surface area contributed by atoms with Crippen molar-refractivity contribution in [2.75, 3.05) is 32.7 Å². The van der Waals surface area contributed by atoms with E-state index in [1.54, 1.807) is 0 Å². The van der Waals surface area contributed by atoms with Crippen LogP contribution in [0.5, 0.6) is 0 Å². The van der Waals surface area contributed by atoms with E-state index in [-0.39, 0.29) is 0 Å². The molecule has 3 rings (SSSR count). The topological polar surface area (TPSA) is 6.48 Å². The van der Waals surface area contributed by atoms with Crippen molar-refractivity contribution in [1.82, 2.24) is 9.80 Å². The zero-order valence-corrected chi connectivity index (χ0v) is 14.8. The SMILES string of the molecule is c1ccc(CN(CCN2CCCCC2)CC2CCCCC2)cc1. The van der Waals surface area contributed by atoms with Gasteiger partial charge in [-0.2, -0.15) is 0 Å². The molecule has 1 saturated heterocycles. The summed E-state index contributed by atoms with van der Waals surface area (Å²) in [5.41, 5.74) is 1.47. The van der Waals surface area contributed by atoms with Gasteiger partial charge in [-0.25, -0.2) is 0 Å². The van der Waals surface area contributed by atoms with Crippen molar-refractivity contribution < 1.29 is 0 Å². The summed E-state index contributed by atoms with van der Waals surface area (Å²) in [4.78, 5) is 5.42. The minimum atomic E-state index is 0.939. The van der Waals surface area contributed by atoms with E-state index in [1.165, 1.54) is 89.7 Å². The van der Waals surface area contributed by atoms with Crippen LogP contribution in [0.3, 0.4) is 0 Å². The molecule has 0 unspecified atom stereocenters. The maximum atomic E-state index is 2.74. The molecule has 1 aliphatic heterocycles. The molecule has 0 atom stereocenters. The Hall–Kier alpha value is -0.860. The molecule has 2 nitrogen and oxygen atoms in total. The molecule has 2 fully saturated rings. The van der Waals surface area contributed by atoms with E-state index in [0.717, 1.165) is 12.5 Å². The highest BCUT2D eigenvalue weighted by Crippen LogP contribution is 2.25. The summed E-state index contributed by atoms with van der Waals surface area (Å²) in [5, 5.41) is 0. The third-order valence-corrected chi connectivity index (χ3v) is 5.67. The highest BCUT2D eigenvalue weighted by atomic mass is 15.2. The summed E-state index contributed by atoms with van der Waals surface area (Å²) in [6.07, 6.45) is 11.5. The Balaban J connectivity index is 1.53. The maximum absolute atomic E-state index is 2.74. The zero-order chi connectivity index (χ0) is 15.7. The standard InChI is InChI=1S/C21H34N2/c1-4-10-20(11-5-1)18-23(19-21-12-6-2-7-13-21)17-16-22-14-8-3-9-15-22/h1,4-5,10-11,21H,2-3,6-9,12-19H2. The van der Waals surface area contributed by atoms with Gasteiger partial charge in [-0.15, -0.1) is 0 Å². The predicted octanol–water partition coefficient (Wildman–Crippen LogP) is 4.55. The molecular formula is C21H34N2. The second-order valence-electron chi connectivity index (χ2n) is 7.63. The van der Waals surface area contributed by atoms with Crippen LogP contribution in [0.25, 0.3) is 0 Å². The van der Waals surface area contributed by atoms with E-state index in [0.29, 0.717) is 0 Å². The van der Waals surface area contributed by atoms with Crippen LogP contribution in [0.1, 0.15) is 56.9 Å². The molecular weight excluding hydrogens is 280 g/mol. The molecule has 1 saturated carbocycles. The van der Waals surface area contributed by atoms with E-state index < -0.39 is 0 Å². The highest BCUT2D eigenvalue weighted by molar-refractivity contribution is 5.14. The first-order valence-electron chi connectivity index (χ1n) is 9.89. The largest absolute Gasteiger partial charge is 0.302 e. The van der Waals surface area contributed by atoms with Gasteiger partial charge in [0, 0.05) is 26.2 Å². The fraction of sp³-hybridized carbons (Fsp3) is 0.714. The van der Waals surface area contributed by atoms with Gasteiger partial charge in [0.2, 0.25) is 0 Å².